The van der Waals surface area contributed by atoms with E-state index in [0.29, 0.717) is 12.2 Å². The van der Waals surface area contributed by atoms with Gasteiger partial charge in [-0.3, -0.25) is 0 Å². The van der Waals surface area contributed by atoms with E-state index in [1.54, 1.807) is 36.8 Å². The molecule has 7 heteroatoms. The standard InChI is InChI=1S/C18H14N5O2/c19-22-21-15-7-4-8-16(11-15)25-18(24)17-13-23(10-9-20-17)12-14-5-2-1-3-6-14/h1-11,13H,12H2/q+1. The Morgan fingerprint density at radius 2 is 2.04 bits per heavy atom. The summed E-state index contributed by atoms with van der Waals surface area (Å²) in [6.45, 7) is 0.621. The quantitative estimate of drug-likeness (QED) is 0.178. The summed E-state index contributed by atoms with van der Waals surface area (Å²) in [7, 11) is 0. The summed E-state index contributed by atoms with van der Waals surface area (Å²) < 4.78 is 7.15. The van der Waals surface area contributed by atoms with Crippen LogP contribution in [0.25, 0.3) is 10.4 Å². The lowest BCUT2D eigenvalue weighted by molar-refractivity contribution is -0.689. The van der Waals surface area contributed by atoms with Crippen molar-refractivity contribution in [1.82, 2.24) is 4.98 Å². The first kappa shape index (κ1) is 16.2. The SMILES string of the molecule is [N-]=[N+]=Nc1cccc(OC(=O)c2c[n+](Cc3ccccc3)ccn2)c1. The Morgan fingerprint density at radius 1 is 1.20 bits per heavy atom. The fourth-order valence-electron chi connectivity index (χ4n) is 2.25. The van der Waals surface area contributed by atoms with Gasteiger partial charge in [0.1, 0.15) is 5.75 Å². The molecule has 0 saturated heterocycles. The van der Waals surface area contributed by atoms with Crippen molar-refractivity contribution in [1.29, 1.82) is 0 Å². The maximum absolute atomic E-state index is 12.3. The Balaban J connectivity index is 1.75. The van der Waals surface area contributed by atoms with Gasteiger partial charge < -0.3 is 4.74 Å². The molecule has 0 bridgehead atoms. The lowest BCUT2D eigenvalue weighted by Gasteiger charge is -2.04. The highest BCUT2D eigenvalue weighted by atomic mass is 16.5. The van der Waals surface area contributed by atoms with Crippen LogP contribution in [-0.4, -0.2) is 11.0 Å². The van der Waals surface area contributed by atoms with Gasteiger partial charge >= 0.3 is 5.97 Å². The van der Waals surface area contributed by atoms with Gasteiger partial charge in [-0.25, -0.2) is 9.78 Å². The molecule has 0 saturated carbocycles. The fraction of sp³-hybridized carbons (Fsp3) is 0.0556. The number of azide groups is 1. The van der Waals surface area contributed by atoms with E-state index >= 15 is 0 Å². The molecule has 2 aromatic carbocycles. The number of esters is 1. The van der Waals surface area contributed by atoms with Crippen LogP contribution in [0.2, 0.25) is 0 Å². The van der Waals surface area contributed by atoms with Crippen molar-refractivity contribution in [3.63, 3.8) is 0 Å². The summed E-state index contributed by atoms with van der Waals surface area (Å²) in [6.07, 6.45) is 4.97. The third kappa shape index (κ3) is 4.40. The molecule has 0 spiro atoms. The topological polar surface area (TPSA) is 91.8 Å². The molecule has 0 atom stereocenters. The van der Waals surface area contributed by atoms with Crippen LogP contribution < -0.4 is 9.30 Å². The van der Waals surface area contributed by atoms with Crippen molar-refractivity contribution in [2.75, 3.05) is 0 Å². The molecule has 0 radical (unpaired) electrons. The predicted octanol–water partition coefficient (Wildman–Crippen LogP) is 3.58. The van der Waals surface area contributed by atoms with E-state index in [4.69, 9.17) is 10.3 Å². The first-order valence-corrected chi connectivity index (χ1v) is 7.51. The van der Waals surface area contributed by atoms with Crippen LogP contribution >= 0.6 is 0 Å². The summed E-state index contributed by atoms with van der Waals surface area (Å²) in [5.41, 5.74) is 10.1. The summed E-state index contributed by atoms with van der Waals surface area (Å²) in [5.74, 6) is -0.296. The van der Waals surface area contributed by atoms with Crippen molar-refractivity contribution in [3.8, 4) is 5.75 Å². The number of carbonyl (C=O) groups excluding carboxylic acids is 1. The van der Waals surface area contributed by atoms with Gasteiger partial charge in [0.05, 0.1) is 6.20 Å². The first-order chi connectivity index (χ1) is 12.2. The van der Waals surface area contributed by atoms with Crippen molar-refractivity contribution in [3.05, 3.63) is 94.9 Å². The van der Waals surface area contributed by atoms with Crippen LogP contribution in [0.15, 0.2) is 78.3 Å². The molecular formula is C18H14N5O2+. The van der Waals surface area contributed by atoms with Crippen molar-refractivity contribution < 1.29 is 14.1 Å². The Hall–Kier alpha value is -3.70. The van der Waals surface area contributed by atoms with E-state index in [2.05, 4.69) is 15.0 Å². The van der Waals surface area contributed by atoms with E-state index in [1.165, 1.54) is 6.07 Å². The first-order valence-electron chi connectivity index (χ1n) is 7.51. The molecule has 122 valence electrons. The molecule has 25 heavy (non-hydrogen) atoms. The number of nitrogens with zero attached hydrogens (tertiary/aromatic N) is 5. The monoisotopic (exact) mass is 332 g/mol. The van der Waals surface area contributed by atoms with Crippen LogP contribution in [0.3, 0.4) is 0 Å². The summed E-state index contributed by atoms with van der Waals surface area (Å²) in [4.78, 5) is 19.0. The Morgan fingerprint density at radius 3 is 2.84 bits per heavy atom. The molecule has 0 fully saturated rings. The lowest BCUT2D eigenvalue weighted by Crippen LogP contribution is -2.35. The smallest absolute Gasteiger partial charge is 0.368 e. The van der Waals surface area contributed by atoms with Crippen LogP contribution in [-0.2, 0) is 6.54 Å². The number of ether oxygens (including phenoxy) is 1. The highest BCUT2D eigenvalue weighted by molar-refractivity contribution is 5.88. The number of hydrogen-bond donors (Lipinski definition) is 0. The summed E-state index contributed by atoms with van der Waals surface area (Å²) in [5, 5.41) is 3.48. The average molecular weight is 332 g/mol. The maximum atomic E-state index is 12.3. The number of benzene rings is 2. The average Bonchev–Trinajstić information content (AvgIpc) is 2.63. The van der Waals surface area contributed by atoms with Gasteiger partial charge in [-0.2, -0.15) is 4.57 Å². The van der Waals surface area contributed by atoms with E-state index in [9.17, 15) is 4.79 Å². The normalized spacial score (nSPS) is 9.92. The molecule has 3 rings (SSSR count). The largest absolute Gasteiger partial charge is 0.422 e. The Bertz CT molecular complexity index is 937. The number of carbonyl (C=O) groups is 1. The molecule has 0 aliphatic rings. The molecule has 1 aromatic heterocycles. The van der Waals surface area contributed by atoms with Gasteiger partial charge in [-0.05, 0) is 17.7 Å². The van der Waals surface area contributed by atoms with Gasteiger partial charge in [0, 0.05) is 16.2 Å². The van der Waals surface area contributed by atoms with Gasteiger partial charge in [-0.1, -0.05) is 47.6 Å². The van der Waals surface area contributed by atoms with Gasteiger partial charge in [-0.15, -0.1) is 0 Å². The van der Waals surface area contributed by atoms with Crippen molar-refractivity contribution in [2.24, 2.45) is 5.11 Å². The minimum Gasteiger partial charge on any atom is -0.422 e. The van der Waals surface area contributed by atoms with Crippen LogP contribution in [0.1, 0.15) is 16.1 Å². The third-order valence-electron chi connectivity index (χ3n) is 3.37. The van der Waals surface area contributed by atoms with E-state index in [-0.39, 0.29) is 11.4 Å². The predicted molar refractivity (Wildman–Crippen MR) is 90.2 cm³/mol. The maximum Gasteiger partial charge on any atom is 0.368 e. The molecule has 1 heterocycles. The van der Waals surface area contributed by atoms with Crippen molar-refractivity contribution >= 4 is 11.7 Å². The minimum absolute atomic E-state index is 0.188. The highest BCUT2D eigenvalue weighted by Crippen LogP contribution is 2.20. The Labute approximate surface area is 143 Å². The zero-order chi connectivity index (χ0) is 17.5. The van der Waals surface area contributed by atoms with E-state index in [1.807, 2.05) is 34.9 Å². The van der Waals surface area contributed by atoms with Gasteiger partial charge in [0.15, 0.2) is 12.7 Å². The second-order valence-electron chi connectivity index (χ2n) is 5.18. The highest BCUT2D eigenvalue weighted by Gasteiger charge is 2.15. The van der Waals surface area contributed by atoms with E-state index < -0.39 is 5.97 Å². The summed E-state index contributed by atoms with van der Waals surface area (Å²) in [6, 6.07) is 16.2. The number of aromatic nitrogens is 2. The second kappa shape index (κ2) is 7.72. The van der Waals surface area contributed by atoms with Crippen LogP contribution in [0.5, 0.6) is 5.75 Å². The van der Waals surface area contributed by atoms with E-state index in [0.717, 1.165) is 5.56 Å². The molecule has 0 aliphatic heterocycles. The van der Waals surface area contributed by atoms with Crippen LogP contribution in [0.4, 0.5) is 5.69 Å². The second-order valence-corrected chi connectivity index (χ2v) is 5.18. The van der Waals surface area contributed by atoms with Gasteiger partial charge in [0.2, 0.25) is 11.9 Å². The molecule has 3 aromatic rings. The number of rotatable bonds is 5. The zero-order valence-electron chi connectivity index (χ0n) is 13.2. The zero-order valence-corrected chi connectivity index (χ0v) is 13.2. The van der Waals surface area contributed by atoms with Crippen molar-refractivity contribution in [2.45, 2.75) is 6.54 Å². The molecular weight excluding hydrogens is 318 g/mol. The van der Waals surface area contributed by atoms with Crippen LogP contribution in [0, 0.1) is 0 Å². The fourth-order valence-corrected chi connectivity index (χ4v) is 2.25. The molecule has 0 N–H and O–H groups in total. The molecule has 7 nitrogen and oxygen atoms in total. The molecule has 0 amide bonds. The third-order valence-corrected chi connectivity index (χ3v) is 3.37. The van der Waals surface area contributed by atoms with Gasteiger partial charge in [0.25, 0.3) is 0 Å². The number of hydrogen-bond acceptors (Lipinski definition) is 4. The minimum atomic E-state index is -0.583. The lowest BCUT2D eigenvalue weighted by atomic mass is 10.2. The summed E-state index contributed by atoms with van der Waals surface area (Å²) >= 11 is 0. The molecule has 0 unspecified atom stereocenters. The Kier molecular flexibility index (Phi) is 4.99. The molecule has 0 aliphatic carbocycles.